The molecule has 2 rings (SSSR count). The Balaban J connectivity index is 2.35. The molecule has 0 aliphatic carbocycles. The number of aromatic hydroxyl groups is 1. The van der Waals surface area contributed by atoms with Crippen LogP contribution in [0, 0.1) is 0 Å². The second kappa shape index (κ2) is 5.31. The zero-order valence-corrected chi connectivity index (χ0v) is 10.1. The van der Waals surface area contributed by atoms with Gasteiger partial charge in [-0.1, -0.05) is 18.2 Å². The summed E-state index contributed by atoms with van der Waals surface area (Å²) in [6, 6.07) is 12.4. The smallest absolute Gasteiger partial charge is 0.280 e. The summed E-state index contributed by atoms with van der Waals surface area (Å²) in [5.74, 6) is -0.404. The minimum atomic E-state index is -0.304. The summed E-state index contributed by atoms with van der Waals surface area (Å²) in [4.78, 5) is 17.8. The molecule has 1 aromatic carbocycles. The summed E-state index contributed by atoms with van der Waals surface area (Å²) in [5, 5.41) is 9.66. The van der Waals surface area contributed by atoms with E-state index in [9.17, 15) is 9.90 Å². The molecule has 0 aliphatic rings. The summed E-state index contributed by atoms with van der Waals surface area (Å²) < 4.78 is 0. The Labute approximate surface area is 106 Å². The Morgan fingerprint density at radius 2 is 1.94 bits per heavy atom. The van der Waals surface area contributed by atoms with Gasteiger partial charge in [0, 0.05) is 18.4 Å². The summed E-state index contributed by atoms with van der Waals surface area (Å²) in [7, 11) is 0. The van der Waals surface area contributed by atoms with Crippen LogP contribution in [0.3, 0.4) is 0 Å². The lowest BCUT2D eigenvalue weighted by Gasteiger charge is -2.20. The highest BCUT2D eigenvalue weighted by molar-refractivity contribution is 6.06. The zero-order chi connectivity index (χ0) is 13.0. The Morgan fingerprint density at radius 1 is 1.22 bits per heavy atom. The van der Waals surface area contributed by atoms with E-state index in [0.29, 0.717) is 6.54 Å². The molecule has 0 bridgehead atoms. The fraction of sp³-hybridized carbons (Fsp3) is 0.143. The van der Waals surface area contributed by atoms with Crippen molar-refractivity contribution in [2.75, 3.05) is 11.4 Å². The van der Waals surface area contributed by atoms with Crippen LogP contribution in [-0.2, 0) is 0 Å². The maximum Gasteiger partial charge on any atom is 0.280 e. The summed E-state index contributed by atoms with van der Waals surface area (Å²) in [6.45, 7) is 2.39. The van der Waals surface area contributed by atoms with Gasteiger partial charge in [-0.15, -0.1) is 0 Å². The van der Waals surface area contributed by atoms with Crippen LogP contribution in [0.1, 0.15) is 17.4 Å². The predicted molar refractivity (Wildman–Crippen MR) is 69.7 cm³/mol. The van der Waals surface area contributed by atoms with Crippen molar-refractivity contribution in [3.63, 3.8) is 0 Å². The number of nitrogens with zero attached hydrogens (tertiary/aromatic N) is 2. The Hall–Kier alpha value is -2.36. The number of hydrogen-bond donors (Lipinski definition) is 1. The Morgan fingerprint density at radius 3 is 2.56 bits per heavy atom. The van der Waals surface area contributed by atoms with E-state index in [1.165, 1.54) is 12.3 Å². The van der Waals surface area contributed by atoms with Crippen molar-refractivity contribution in [2.24, 2.45) is 0 Å². The molecule has 0 fully saturated rings. The monoisotopic (exact) mass is 242 g/mol. The van der Waals surface area contributed by atoms with Crippen LogP contribution in [0.5, 0.6) is 5.75 Å². The molecular weight excluding hydrogens is 228 g/mol. The first-order valence-corrected chi connectivity index (χ1v) is 5.75. The van der Waals surface area contributed by atoms with Crippen molar-refractivity contribution in [3.05, 3.63) is 54.4 Å². The zero-order valence-electron chi connectivity index (χ0n) is 10.1. The second-order valence-electron chi connectivity index (χ2n) is 3.76. The van der Waals surface area contributed by atoms with Crippen molar-refractivity contribution >= 4 is 11.6 Å². The quantitative estimate of drug-likeness (QED) is 0.899. The first-order chi connectivity index (χ1) is 8.74. The van der Waals surface area contributed by atoms with Crippen LogP contribution in [0.4, 0.5) is 5.69 Å². The molecule has 1 N–H and O–H groups in total. The number of rotatable bonds is 3. The van der Waals surface area contributed by atoms with Crippen LogP contribution in [0.2, 0.25) is 0 Å². The van der Waals surface area contributed by atoms with E-state index in [1.807, 2.05) is 37.3 Å². The molecule has 0 saturated carbocycles. The van der Waals surface area contributed by atoms with Gasteiger partial charge < -0.3 is 10.0 Å². The second-order valence-corrected chi connectivity index (χ2v) is 3.76. The Kier molecular flexibility index (Phi) is 3.57. The minimum Gasteiger partial charge on any atom is -0.505 e. The van der Waals surface area contributed by atoms with Gasteiger partial charge in [0.25, 0.3) is 5.91 Å². The summed E-state index contributed by atoms with van der Waals surface area (Å²) in [5.41, 5.74) is 0.859. The topological polar surface area (TPSA) is 53.4 Å². The van der Waals surface area contributed by atoms with E-state index in [1.54, 1.807) is 11.0 Å². The highest BCUT2D eigenvalue weighted by atomic mass is 16.3. The first kappa shape index (κ1) is 12.1. The van der Waals surface area contributed by atoms with Gasteiger partial charge in [-0.2, -0.15) is 0 Å². The fourth-order valence-corrected chi connectivity index (χ4v) is 1.74. The van der Waals surface area contributed by atoms with Crippen molar-refractivity contribution in [3.8, 4) is 5.75 Å². The van der Waals surface area contributed by atoms with Gasteiger partial charge in [0.2, 0.25) is 0 Å². The average molecular weight is 242 g/mol. The molecule has 0 unspecified atom stereocenters. The maximum absolute atomic E-state index is 12.3. The third-order valence-electron chi connectivity index (χ3n) is 2.62. The largest absolute Gasteiger partial charge is 0.505 e. The molecular formula is C14H14N2O2. The van der Waals surface area contributed by atoms with E-state index >= 15 is 0 Å². The van der Waals surface area contributed by atoms with Crippen molar-refractivity contribution in [2.45, 2.75) is 6.92 Å². The molecule has 92 valence electrons. The van der Waals surface area contributed by atoms with E-state index in [-0.39, 0.29) is 17.4 Å². The third kappa shape index (κ3) is 2.32. The fourth-order valence-electron chi connectivity index (χ4n) is 1.74. The van der Waals surface area contributed by atoms with Gasteiger partial charge in [0.15, 0.2) is 5.69 Å². The molecule has 0 radical (unpaired) electrons. The number of hydrogen-bond acceptors (Lipinski definition) is 3. The van der Waals surface area contributed by atoms with E-state index in [2.05, 4.69) is 4.98 Å². The number of carbonyl (C=O) groups is 1. The molecule has 0 saturated heterocycles. The molecule has 4 heteroatoms. The van der Waals surface area contributed by atoms with Crippen LogP contribution in [0.25, 0.3) is 0 Å². The standard InChI is InChI=1S/C14H14N2O2/c1-2-16(11-7-4-3-5-8-11)14(18)13-12(17)9-6-10-15-13/h3-10,17H,2H2,1H3. The van der Waals surface area contributed by atoms with Crippen LogP contribution < -0.4 is 4.90 Å². The van der Waals surface area contributed by atoms with Gasteiger partial charge in [0.05, 0.1) is 0 Å². The van der Waals surface area contributed by atoms with E-state index < -0.39 is 0 Å². The molecule has 0 atom stereocenters. The van der Waals surface area contributed by atoms with Crippen LogP contribution in [-0.4, -0.2) is 22.5 Å². The third-order valence-corrected chi connectivity index (χ3v) is 2.62. The van der Waals surface area contributed by atoms with Crippen molar-refractivity contribution in [1.29, 1.82) is 0 Å². The molecule has 1 amide bonds. The highest BCUT2D eigenvalue weighted by Gasteiger charge is 2.19. The first-order valence-electron chi connectivity index (χ1n) is 5.75. The molecule has 18 heavy (non-hydrogen) atoms. The van der Waals surface area contributed by atoms with Crippen molar-refractivity contribution < 1.29 is 9.90 Å². The van der Waals surface area contributed by atoms with Crippen LogP contribution in [0.15, 0.2) is 48.7 Å². The molecule has 2 aromatic rings. The molecule has 1 aromatic heterocycles. The lowest BCUT2D eigenvalue weighted by atomic mass is 10.2. The van der Waals surface area contributed by atoms with Gasteiger partial charge in [-0.05, 0) is 31.2 Å². The lowest BCUT2D eigenvalue weighted by molar-refractivity contribution is 0.0980. The van der Waals surface area contributed by atoms with Gasteiger partial charge in [0.1, 0.15) is 5.75 Å². The number of pyridine rings is 1. The predicted octanol–water partition coefficient (Wildman–Crippen LogP) is 2.45. The van der Waals surface area contributed by atoms with Crippen LogP contribution >= 0.6 is 0 Å². The lowest BCUT2D eigenvalue weighted by Crippen LogP contribution is -2.31. The number of amides is 1. The molecule has 1 heterocycles. The number of benzene rings is 1. The van der Waals surface area contributed by atoms with Gasteiger partial charge >= 0.3 is 0 Å². The van der Waals surface area contributed by atoms with Crippen molar-refractivity contribution in [1.82, 2.24) is 4.98 Å². The SMILES string of the molecule is CCN(C(=O)c1ncccc1O)c1ccccc1. The summed E-state index contributed by atoms with van der Waals surface area (Å²) in [6.07, 6.45) is 1.49. The molecule has 0 aliphatic heterocycles. The number of aromatic nitrogens is 1. The van der Waals surface area contributed by atoms with Gasteiger partial charge in [-0.3, -0.25) is 4.79 Å². The Bertz CT molecular complexity index is 541. The minimum absolute atomic E-state index is 0.0724. The number of anilines is 1. The van der Waals surface area contributed by atoms with E-state index in [4.69, 9.17) is 0 Å². The molecule has 4 nitrogen and oxygen atoms in total. The average Bonchev–Trinajstić information content (AvgIpc) is 2.41. The summed E-state index contributed by atoms with van der Waals surface area (Å²) >= 11 is 0. The normalized spacial score (nSPS) is 10.1. The van der Waals surface area contributed by atoms with E-state index in [0.717, 1.165) is 5.69 Å². The van der Waals surface area contributed by atoms with Gasteiger partial charge in [-0.25, -0.2) is 4.98 Å². The number of para-hydroxylation sites is 1. The molecule has 0 spiro atoms. The highest BCUT2D eigenvalue weighted by Crippen LogP contribution is 2.20. The maximum atomic E-state index is 12.3. The number of carbonyl (C=O) groups excluding carboxylic acids is 1.